The molecule has 0 fully saturated rings. The molecule has 2 rings (SSSR count). The van der Waals surface area contributed by atoms with Gasteiger partial charge in [0.2, 0.25) is 0 Å². The molecule has 0 unspecified atom stereocenters. The second kappa shape index (κ2) is 5.62. The first-order chi connectivity index (χ1) is 9.38. The van der Waals surface area contributed by atoms with Crippen molar-refractivity contribution < 1.29 is 18.0 Å². The second-order valence-electron chi connectivity index (χ2n) is 4.11. The molecule has 0 aliphatic carbocycles. The van der Waals surface area contributed by atoms with Crippen LogP contribution in [0.1, 0.15) is 27.1 Å². The van der Waals surface area contributed by atoms with E-state index in [1.54, 1.807) is 13.0 Å². The highest BCUT2D eigenvalue weighted by atomic mass is 32.1. The first kappa shape index (κ1) is 14.5. The molecule has 2 aromatic rings. The molecule has 3 nitrogen and oxygen atoms in total. The smallest absolute Gasteiger partial charge is 0.335 e. The highest BCUT2D eigenvalue weighted by Gasteiger charge is 2.42. The Kier molecular flexibility index (Phi) is 4.08. The van der Waals surface area contributed by atoms with Crippen molar-refractivity contribution in [1.82, 2.24) is 10.3 Å². The van der Waals surface area contributed by atoms with E-state index in [9.17, 15) is 18.0 Å². The topological polar surface area (TPSA) is 42.0 Å². The van der Waals surface area contributed by atoms with Gasteiger partial charge in [-0.25, -0.2) is 4.98 Å². The van der Waals surface area contributed by atoms with Gasteiger partial charge >= 0.3 is 6.18 Å². The van der Waals surface area contributed by atoms with Crippen molar-refractivity contribution in [2.24, 2.45) is 0 Å². The van der Waals surface area contributed by atoms with Crippen molar-refractivity contribution in [2.75, 3.05) is 0 Å². The predicted molar refractivity (Wildman–Crippen MR) is 69.6 cm³/mol. The Morgan fingerprint density at radius 3 is 2.45 bits per heavy atom. The van der Waals surface area contributed by atoms with Gasteiger partial charge in [0.05, 0.1) is 5.01 Å². The van der Waals surface area contributed by atoms with E-state index in [4.69, 9.17) is 0 Å². The normalized spacial score (nSPS) is 13.0. The third-order valence-corrected chi connectivity index (χ3v) is 3.36. The highest BCUT2D eigenvalue weighted by Crippen LogP contribution is 2.32. The summed E-state index contributed by atoms with van der Waals surface area (Å²) < 4.78 is 39.2. The van der Waals surface area contributed by atoms with Crippen LogP contribution >= 0.6 is 11.3 Å². The number of thiazole rings is 1. The lowest BCUT2D eigenvalue weighted by Gasteiger charge is -2.21. The minimum Gasteiger partial charge on any atom is -0.335 e. The van der Waals surface area contributed by atoms with Crippen LogP contribution in [-0.2, 0) is 0 Å². The van der Waals surface area contributed by atoms with E-state index in [0.29, 0.717) is 5.01 Å². The quantitative estimate of drug-likeness (QED) is 0.943. The summed E-state index contributed by atoms with van der Waals surface area (Å²) in [6, 6.07) is 5.21. The van der Waals surface area contributed by atoms with Gasteiger partial charge in [-0.15, -0.1) is 11.3 Å². The molecule has 1 aromatic carbocycles. The average Bonchev–Trinajstić information content (AvgIpc) is 2.82. The van der Waals surface area contributed by atoms with Gasteiger partial charge in [-0.3, -0.25) is 4.79 Å². The van der Waals surface area contributed by atoms with Crippen molar-refractivity contribution in [3.05, 3.63) is 52.0 Å². The van der Waals surface area contributed by atoms with Crippen LogP contribution in [0.25, 0.3) is 0 Å². The third kappa shape index (κ3) is 3.36. The number of carbonyl (C=O) groups excluding carboxylic acids is 1. The van der Waals surface area contributed by atoms with Crippen molar-refractivity contribution in [1.29, 1.82) is 0 Å². The van der Waals surface area contributed by atoms with Gasteiger partial charge in [0.15, 0.2) is 6.04 Å². The molecule has 0 spiro atoms. The zero-order valence-corrected chi connectivity index (χ0v) is 11.3. The number of hydrogen-bond acceptors (Lipinski definition) is 3. The maximum absolute atomic E-state index is 13.1. The summed E-state index contributed by atoms with van der Waals surface area (Å²) in [6.45, 7) is 1.68. The number of aryl methyl sites for hydroxylation is 1. The Hall–Kier alpha value is -1.89. The number of aromatic nitrogens is 1. The standard InChI is InChI=1S/C13H11F3N2OS/c1-8-17-10(7-20-8)12(19)18-11(13(14,15)16)9-5-3-2-4-6-9/h2-7,11H,1H3,(H,18,19)/t11-/m1/s1. The summed E-state index contributed by atoms with van der Waals surface area (Å²) in [7, 11) is 0. The zero-order chi connectivity index (χ0) is 14.8. The van der Waals surface area contributed by atoms with Gasteiger partial charge in [0, 0.05) is 5.38 Å². The number of nitrogens with zero attached hydrogens (tertiary/aromatic N) is 1. The summed E-state index contributed by atoms with van der Waals surface area (Å²) in [5.74, 6) is -0.833. The molecule has 1 heterocycles. The molecule has 1 aromatic heterocycles. The first-order valence-electron chi connectivity index (χ1n) is 5.72. The lowest BCUT2D eigenvalue weighted by molar-refractivity contribution is -0.155. The Bertz CT molecular complexity index is 595. The number of amides is 1. The third-order valence-electron chi connectivity index (χ3n) is 2.59. The number of rotatable bonds is 3. The summed E-state index contributed by atoms with van der Waals surface area (Å²) in [4.78, 5) is 15.7. The largest absolute Gasteiger partial charge is 0.412 e. The van der Waals surface area contributed by atoms with E-state index in [2.05, 4.69) is 4.98 Å². The van der Waals surface area contributed by atoms with E-state index in [1.165, 1.54) is 41.0 Å². The SMILES string of the molecule is Cc1nc(C(=O)N[C@H](c2ccccc2)C(F)(F)F)cs1. The van der Waals surface area contributed by atoms with Crippen LogP contribution in [0.15, 0.2) is 35.7 Å². The zero-order valence-electron chi connectivity index (χ0n) is 10.4. The van der Waals surface area contributed by atoms with Crippen LogP contribution in [0.2, 0.25) is 0 Å². The number of nitrogens with one attached hydrogen (secondary N) is 1. The van der Waals surface area contributed by atoms with Crippen LogP contribution in [0.5, 0.6) is 0 Å². The summed E-state index contributed by atoms with van der Waals surface area (Å²) >= 11 is 1.21. The Labute approximate surface area is 117 Å². The lowest BCUT2D eigenvalue weighted by atomic mass is 10.1. The fourth-order valence-electron chi connectivity index (χ4n) is 1.67. The fraction of sp³-hybridized carbons (Fsp3) is 0.231. The molecule has 0 saturated heterocycles. The van der Waals surface area contributed by atoms with Gasteiger partial charge in [0.1, 0.15) is 5.69 Å². The van der Waals surface area contributed by atoms with Gasteiger partial charge in [-0.05, 0) is 12.5 Å². The minimum atomic E-state index is -4.57. The van der Waals surface area contributed by atoms with Gasteiger partial charge in [-0.2, -0.15) is 13.2 Å². The van der Waals surface area contributed by atoms with Crippen molar-refractivity contribution in [2.45, 2.75) is 19.1 Å². The highest BCUT2D eigenvalue weighted by molar-refractivity contribution is 7.09. The molecular formula is C13H11F3N2OS. The van der Waals surface area contributed by atoms with Crippen LogP contribution in [0, 0.1) is 6.92 Å². The number of alkyl halides is 3. The summed E-state index contributed by atoms with van der Waals surface area (Å²) in [5.41, 5.74) is -0.0158. The van der Waals surface area contributed by atoms with E-state index in [1.807, 2.05) is 5.32 Å². The second-order valence-corrected chi connectivity index (χ2v) is 5.17. The maximum Gasteiger partial charge on any atom is 0.412 e. The average molecular weight is 300 g/mol. The Balaban J connectivity index is 2.23. The van der Waals surface area contributed by atoms with E-state index >= 15 is 0 Å². The summed E-state index contributed by atoms with van der Waals surface area (Å²) in [6.07, 6.45) is -4.57. The van der Waals surface area contributed by atoms with E-state index < -0.39 is 18.1 Å². The fourth-order valence-corrected chi connectivity index (χ4v) is 2.27. The Morgan fingerprint density at radius 1 is 1.30 bits per heavy atom. The molecule has 20 heavy (non-hydrogen) atoms. The molecule has 7 heteroatoms. The molecule has 106 valence electrons. The van der Waals surface area contributed by atoms with E-state index in [-0.39, 0.29) is 11.3 Å². The first-order valence-corrected chi connectivity index (χ1v) is 6.60. The molecule has 0 saturated carbocycles. The predicted octanol–water partition coefficient (Wildman–Crippen LogP) is 3.48. The molecule has 1 amide bonds. The molecule has 1 atom stereocenters. The van der Waals surface area contributed by atoms with E-state index in [0.717, 1.165) is 0 Å². The molecule has 1 N–H and O–H groups in total. The maximum atomic E-state index is 13.1. The molecule has 0 aliphatic heterocycles. The molecule has 0 radical (unpaired) electrons. The number of hydrogen-bond donors (Lipinski definition) is 1. The monoisotopic (exact) mass is 300 g/mol. The molecule has 0 aliphatic rings. The number of carbonyl (C=O) groups is 1. The van der Waals surface area contributed by atoms with Gasteiger partial charge < -0.3 is 5.32 Å². The van der Waals surface area contributed by atoms with Crippen molar-refractivity contribution >= 4 is 17.2 Å². The minimum absolute atomic E-state index is 0.00215. The number of benzene rings is 1. The van der Waals surface area contributed by atoms with Gasteiger partial charge in [0.25, 0.3) is 5.91 Å². The van der Waals surface area contributed by atoms with Crippen molar-refractivity contribution in [3.63, 3.8) is 0 Å². The Morgan fingerprint density at radius 2 is 1.95 bits per heavy atom. The van der Waals surface area contributed by atoms with Crippen LogP contribution in [0.4, 0.5) is 13.2 Å². The number of halogens is 3. The lowest BCUT2D eigenvalue weighted by Crippen LogP contribution is -2.38. The summed E-state index contributed by atoms with van der Waals surface area (Å²) in [5, 5.41) is 4.04. The van der Waals surface area contributed by atoms with Crippen LogP contribution in [-0.4, -0.2) is 17.1 Å². The van der Waals surface area contributed by atoms with Gasteiger partial charge in [-0.1, -0.05) is 30.3 Å². The van der Waals surface area contributed by atoms with Crippen LogP contribution < -0.4 is 5.32 Å². The van der Waals surface area contributed by atoms with Crippen molar-refractivity contribution in [3.8, 4) is 0 Å². The molecular weight excluding hydrogens is 289 g/mol. The van der Waals surface area contributed by atoms with Crippen LogP contribution in [0.3, 0.4) is 0 Å². The molecule has 0 bridgehead atoms.